The standard InChI is InChI=1S/C13H15N3O/c1-8-4-10(8)6-14-13(17)9-2-3-11-12(5-9)16-7-15-11/h2-3,5,7-8,10H,4,6H2,1H3,(H,14,17)(H,15,16). The number of aromatic nitrogens is 2. The van der Waals surface area contributed by atoms with Crippen LogP contribution in [0.4, 0.5) is 0 Å². The number of nitrogens with zero attached hydrogens (tertiary/aromatic N) is 1. The zero-order valence-corrected chi connectivity index (χ0v) is 9.73. The number of nitrogens with one attached hydrogen (secondary N) is 2. The van der Waals surface area contributed by atoms with Crippen molar-refractivity contribution in [3.05, 3.63) is 30.1 Å². The molecule has 0 aliphatic heterocycles. The lowest BCUT2D eigenvalue weighted by molar-refractivity contribution is 0.0951. The highest BCUT2D eigenvalue weighted by Gasteiger charge is 2.32. The molecule has 1 fully saturated rings. The molecular weight excluding hydrogens is 214 g/mol. The Morgan fingerprint density at radius 2 is 2.41 bits per heavy atom. The van der Waals surface area contributed by atoms with Crippen LogP contribution in [-0.4, -0.2) is 22.4 Å². The molecule has 1 aliphatic carbocycles. The molecule has 0 spiro atoms. The molecule has 17 heavy (non-hydrogen) atoms. The highest BCUT2D eigenvalue weighted by Crippen LogP contribution is 2.36. The van der Waals surface area contributed by atoms with E-state index in [4.69, 9.17) is 0 Å². The van der Waals surface area contributed by atoms with Crippen LogP contribution in [0.1, 0.15) is 23.7 Å². The average Bonchev–Trinajstić information content (AvgIpc) is 2.86. The van der Waals surface area contributed by atoms with Crippen LogP contribution in [0.3, 0.4) is 0 Å². The van der Waals surface area contributed by atoms with Gasteiger partial charge in [-0.1, -0.05) is 6.92 Å². The van der Waals surface area contributed by atoms with Gasteiger partial charge in [0.2, 0.25) is 0 Å². The second-order valence-corrected chi connectivity index (χ2v) is 4.82. The molecule has 1 amide bonds. The second-order valence-electron chi connectivity index (χ2n) is 4.82. The number of carbonyl (C=O) groups excluding carboxylic acids is 1. The maximum atomic E-state index is 11.9. The fraction of sp³-hybridized carbons (Fsp3) is 0.385. The third-order valence-electron chi connectivity index (χ3n) is 3.48. The zero-order chi connectivity index (χ0) is 11.8. The topological polar surface area (TPSA) is 57.8 Å². The molecule has 0 saturated heterocycles. The Hall–Kier alpha value is -1.84. The SMILES string of the molecule is CC1CC1CNC(=O)c1ccc2nc[nH]c2c1. The molecule has 0 bridgehead atoms. The summed E-state index contributed by atoms with van der Waals surface area (Å²) in [5.41, 5.74) is 2.48. The van der Waals surface area contributed by atoms with E-state index in [0.717, 1.165) is 23.5 Å². The van der Waals surface area contributed by atoms with E-state index in [9.17, 15) is 4.79 Å². The molecule has 1 heterocycles. The van der Waals surface area contributed by atoms with E-state index in [0.29, 0.717) is 11.5 Å². The van der Waals surface area contributed by atoms with E-state index in [1.165, 1.54) is 6.42 Å². The molecule has 4 heteroatoms. The number of aromatic amines is 1. The van der Waals surface area contributed by atoms with Crippen LogP contribution in [0.5, 0.6) is 0 Å². The first-order chi connectivity index (χ1) is 8.24. The van der Waals surface area contributed by atoms with E-state index in [2.05, 4.69) is 22.2 Å². The Bertz CT molecular complexity index is 561. The van der Waals surface area contributed by atoms with Crippen molar-refractivity contribution in [3.8, 4) is 0 Å². The Labute approximate surface area is 99.4 Å². The normalized spacial score (nSPS) is 22.6. The molecule has 1 aromatic carbocycles. The van der Waals surface area contributed by atoms with E-state index >= 15 is 0 Å². The van der Waals surface area contributed by atoms with Crippen LogP contribution in [0.2, 0.25) is 0 Å². The largest absolute Gasteiger partial charge is 0.352 e. The van der Waals surface area contributed by atoms with Crippen LogP contribution < -0.4 is 5.32 Å². The molecule has 1 saturated carbocycles. The maximum Gasteiger partial charge on any atom is 0.251 e. The summed E-state index contributed by atoms with van der Waals surface area (Å²) >= 11 is 0. The van der Waals surface area contributed by atoms with Crippen molar-refractivity contribution in [1.82, 2.24) is 15.3 Å². The van der Waals surface area contributed by atoms with Gasteiger partial charge in [0.25, 0.3) is 5.91 Å². The molecule has 3 rings (SSSR count). The number of rotatable bonds is 3. The zero-order valence-electron chi connectivity index (χ0n) is 9.73. The lowest BCUT2D eigenvalue weighted by Gasteiger charge is -2.04. The number of hydrogen-bond acceptors (Lipinski definition) is 2. The smallest absolute Gasteiger partial charge is 0.251 e. The van der Waals surface area contributed by atoms with Gasteiger partial charge < -0.3 is 10.3 Å². The summed E-state index contributed by atoms with van der Waals surface area (Å²) in [6, 6.07) is 5.52. The first-order valence-electron chi connectivity index (χ1n) is 5.95. The number of amides is 1. The molecule has 4 nitrogen and oxygen atoms in total. The third-order valence-corrected chi connectivity index (χ3v) is 3.48. The number of H-pyrrole nitrogens is 1. The highest BCUT2D eigenvalue weighted by atomic mass is 16.1. The van der Waals surface area contributed by atoms with Gasteiger partial charge in [-0.3, -0.25) is 4.79 Å². The minimum absolute atomic E-state index is 0.000556. The van der Waals surface area contributed by atoms with Crippen molar-refractivity contribution in [2.24, 2.45) is 11.8 Å². The highest BCUT2D eigenvalue weighted by molar-refractivity contribution is 5.97. The number of benzene rings is 1. The van der Waals surface area contributed by atoms with Crippen molar-refractivity contribution < 1.29 is 4.79 Å². The quantitative estimate of drug-likeness (QED) is 0.845. The number of imidazole rings is 1. The second kappa shape index (κ2) is 3.87. The van der Waals surface area contributed by atoms with Crippen LogP contribution in [-0.2, 0) is 0 Å². The van der Waals surface area contributed by atoms with Crippen LogP contribution in [0.25, 0.3) is 11.0 Å². The summed E-state index contributed by atoms with van der Waals surface area (Å²) < 4.78 is 0. The molecule has 1 aliphatic rings. The van der Waals surface area contributed by atoms with Gasteiger partial charge >= 0.3 is 0 Å². The molecule has 2 atom stereocenters. The molecule has 0 radical (unpaired) electrons. The van der Waals surface area contributed by atoms with Crippen molar-refractivity contribution in [3.63, 3.8) is 0 Å². The first kappa shape index (κ1) is 10.3. The van der Waals surface area contributed by atoms with Gasteiger partial charge in [-0.15, -0.1) is 0 Å². The molecule has 2 N–H and O–H groups in total. The Morgan fingerprint density at radius 3 is 3.18 bits per heavy atom. The number of hydrogen-bond donors (Lipinski definition) is 2. The lowest BCUT2D eigenvalue weighted by atomic mass is 10.2. The molecule has 1 aromatic heterocycles. The van der Waals surface area contributed by atoms with Gasteiger partial charge in [-0.2, -0.15) is 0 Å². The van der Waals surface area contributed by atoms with Gasteiger partial charge in [-0.05, 0) is 36.5 Å². The Balaban J connectivity index is 1.71. The van der Waals surface area contributed by atoms with Crippen molar-refractivity contribution in [2.75, 3.05) is 6.54 Å². The third kappa shape index (κ3) is 2.02. The van der Waals surface area contributed by atoms with Gasteiger partial charge in [0.05, 0.1) is 17.4 Å². The summed E-state index contributed by atoms with van der Waals surface area (Å²) in [6.45, 7) is 3.01. The first-order valence-corrected chi connectivity index (χ1v) is 5.95. The van der Waals surface area contributed by atoms with E-state index in [1.807, 2.05) is 18.2 Å². The summed E-state index contributed by atoms with van der Waals surface area (Å²) in [5, 5.41) is 2.97. The van der Waals surface area contributed by atoms with E-state index < -0.39 is 0 Å². The summed E-state index contributed by atoms with van der Waals surface area (Å²) in [5.74, 6) is 1.45. The summed E-state index contributed by atoms with van der Waals surface area (Å²) in [7, 11) is 0. The van der Waals surface area contributed by atoms with Crippen LogP contribution in [0, 0.1) is 11.8 Å². The predicted molar refractivity (Wildman–Crippen MR) is 65.7 cm³/mol. The summed E-state index contributed by atoms with van der Waals surface area (Å²) in [6.07, 6.45) is 2.87. The minimum atomic E-state index is 0.000556. The fourth-order valence-electron chi connectivity index (χ4n) is 2.09. The van der Waals surface area contributed by atoms with E-state index in [1.54, 1.807) is 6.33 Å². The Morgan fingerprint density at radius 1 is 1.59 bits per heavy atom. The monoisotopic (exact) mass is 229 g/mol. The predicted octanol–water partition coefficient (Wildman–Crippen LogP) is 1.95. The van der Waals surface area contributed by atoms with Gasteiger partial charge in [0, 0.05) is 12.1 Å². The maximum absolute atomic E-state index is 11.9. The molecular formula is C13H15N3O. The number of fused-ring (bicyclic) bond motifs is 1. The van der Waals surface area contributed by atoms with Crippen molar-refractivity contribution >= 4 is 16.9 Å². The van der Waals surface area contributed by atoms with Crippen LogP contribution in [0.15, 0.2) is 24.5 Å². The van der Waals surface area contributed by atoms with Gasteiger partial charge in [0.15, 0.2) is 0 Å². The Kier molecular flexibility index (Phi) is 2.35. The van der Waals surface area contributed by atoms with Gasteiger partial charge in [0.1, 0.15) is 0 Å². The summed E-state index contributed by atoms with van der Waals surface area (Å²) in [4.78, 5) is 19.0. The fourth-order valence-corrected chi connectivity index (χ4v) is 2.09. The molecule has 2 unspecified atom stereocenters. The van der Waals surface area contributed by atoms with Crippen molar-refractivity contribution in [1.29, 1.82) is 0 Å². The van der Waals surface area contributed by atoms with Gasteiger partial charge in [-0.25, -0.2) is 4.98 Å². The lowest BCUT2D eigenvalue weighted by Crippen LogP contribution is -2.25. The molecule has 2 aromatic rings. The number of carbonyl (C=O) groups is 1. The van der Waals surface area contributed by atoms with E-state index in [-0.39, 0.29) is 5.91 Å². The van der Waals surface area contributed by atoms with Crippen molar-refractivity contribution in [2.45, 2.75) is 13.3 Å². The van der Waals surface area contributed by atoms with Crippen LogP contribution >= 0.6 is 0 Å². The minimum Gasteiger partial charge on any atom is -0.352 e. The molecule has 88 valence electrons. The average molecular weight is 229 g/mol.